The van der Waals surface area contributed by atoms with Gasteiger partial charge in [-0.25, -0.2) is 4.79 Å². The standard InChI is InChI=1S/C16H22N2O4S2/c1-6-8(3)24-9(4)18(6,5)13-11-10(7(2)19)15(20)17(11)12(14(13)23)16(21)22/h7,9-11,13,19H,1-5H3,(H-,21,22,23)/p+1/t7-,9?,10+,11?,13?,18?/m1/s1. The minimum atomic E-state index is -1.14. The second-order valence-electron chi connectivity index (χ2n) is 6.96. The number of amides is 1. The Bertz CT molecular complexity index is 702. The fraction of sp³-hybridized carbons (Fsp3) is 0.625. The number of rotatable bonds is 3. The zero-order valence-electron chi connectivity index (χ0n) is 14.3. The Morgan fingerprint density at radius 3 is 2.42 bits per heavy atom. The van der Waals surface area contributed by atoms with Crippen molar-refractivity contribution in [3.63, 3.8) is 0 Å². The van der Waals surface area contributed by atoms with Gasteiger partial charge in [0.1, 0.15) is 28.9 Å². The number of carboxylic acid groups (broad SMARTS) is 1. The number of hydrogen-bond donors (Lipinski definition) is 3. The Labute approximate surface area is 151 Å². The molecule has 1 saturated heterocycles. The molecule has 8 heteroatoms. The Morgan fingerprint density at radius 1 is 1.42 bits per heavy atom. The van der Waals surface area contributed by atoms with Crippen molar-refractivity contribution in [2.45, 2.75) is 51.3 Å². The summed E-state index contributed by atoms with van der Waals surface area (Å²) in [6.45, 7) is 7.80. The van der Waals surface area contributed by atoms with Crippen LogP contribution in [0.3, 0.4) is 0 Å². The van der Waals surface area contributed by atoms with Crippen LogP contribution >= 0.6 is 24.4 Å². The lowest BCUT2D eigenvalue weighted by atomic mass is 9.80. The number of quaternary nitrogens is 1. The largest absolute Gasteiger partial charge is 0.477 e. The van der Waals surface area contributed by atoms with Gasteiger partial charge in [0.05, 0.1) is 24.0 Å². The van der Waals surface area contributed by atoms with E-state index in [9.17, 15) is 19.8 Å². The third-order valence-corrected chi connectivity index (χ3v) is 7.82. The van der Waals surface area contributed by atoms with Crippen molar-refractivity contribution in [3.05, 3.63) is 21.2 Å². The topological polar surface area (TPSA) is 77.8 Å². The minimum absolute atomic E-state index is 0.0378. The summed E-state index contributed by atoms with van der Waals surface area (Å²) in [6, 6.07) is -0.651. The van der Waals surface area contributed by atoms with E-state index in [0.717, 1.165) is 5.70 Å². The number of aliphatic hydroxyl groups excluding tert-OH is 1. The molecule has 0 radical (unpaired) electrons. The molecule has 0 spiro atoms. The van der Waals surface area contributed by atoms with E-state index < -0.39 is 18.0 Å². The van der Waals surface area contributed by atoms with Gasteiger partial charge >= 0.3 is 5.97 Å². The van der Waals surface area contributed by atoms with Crippen molar-refractivity contribution in [2.75, 3.05) is 7.05 Å². The highest BCUT2D eigenvalue weighted by Gasteiger charge is 2.67. The molecule has 0 saturated carbocycles. The molecular formula is C16H23N2O4S2+. The monoisotopic (exact) mass is 371 g/mol. The van der Waals surface area contributed by atoms with Crippen LogP contribution in [0.25, 0.3) is 0 Å². The van der Waals surface area contributed by atoms with E-state index in [0.29, 0.717) is 9.39 Å². The summed E-state index contributed by atoms with van der Waals surface area (Å²) in [5.41, 5.74) is 1.11. The zero-order valence-corrected chi connectivity index (χ0v) is 16.1. The molecule has 4 unspecified atom stereocenters. The highest BCUT2D eigenvalue weighted by Crippen LogP contribution is 2.54. The van der Waals surface area contributed by atoms with Crippen LogP contribution in [0.5, 0.6) is 0 Å². The molecule has 6 nitrogen and oxygen atoms in total. The van der Waals surface area contributed by atoms with Crippen molar-refractivity contribution >= 4 is 36.3 Å². The van der Waals surface area contributed by atoms with Crippen LogP contribution in [0.15, 0.2) is 21.2 Å². The highest BCUT2D eigenvalue weighted by molar-refractivity contribution is 8.03. The molecule has 1 amide bonds. The van der Waals surface area contributed by atoms with Gasteiger partial charge in [-0.1, -0.05) is 11.8 Å². The van der Waals surface area contributed by atoms with Crippen LogP contribution in [-0.2, 0) is 9.59 Å². The van der Waals surface area contributed by atoms with E-state index in [-0.39, 0.29) is 29.1 Å². The number of carbonyl (C=O) groups excluding carboxylic acids is 1. The van der Waals surface area contributed by atoms with Crippen molar-refractivity contribution in [1.29, 1.82) is 0 Å². The molecule has 3 aliphatic heterocycles. The summed E-state index contributed by atoms with van der Waals surface area (Å²) in [5, 5.41) is 19.8. The SMILES string of the molecule is CC1=C(C)[N+](C)(C2C(S)=C(C(=O)O)N3C(=O)[C@@H]([C@@H](C)O)C23)C(C)S1. The maximum absolute atomic E-state index is 12.4. The van der Waals surface area contributed by atoms with Crippen LogP contribution in [0.4, 0.5) is 0 Å². The predicted octanol–water partition coefficient (Wildman–Crippen LogP) is 1.59. The molecule has 0 aromatic rings. The molecule has 6 atom stereocenters. The van der Waals surface area contributed by atoms with Crippen LogP contribution in [0.1, 0.15) is 27.7 Å². The predicted molar refractivity (Wildman–Crippen MR) is 94.9 cm³/mol. The number of β-lactam (4-membered cyclic amide) rings is 1. The second kappa shape index (κ2) is 5.52. The molecule has 0 aliphatic carbocycles. The molecule has 0 aromatic heterocycles. The quantitative estimate of drug-likeness (QED) is 0.399. The molecule has 0 aromatic carbocycles. The van der Waals surface area contributed by atoms with E-state index in [1.54, 1.807) is 18.7 Å². The fourth-order valence-corrected chi connectivity index (χ4v) is 6.31. The number of allylic oxidation sites excluding steroid dienone is 2. The number of thioether (sulfide) groups is 1. The molecule has 3 aliphatic rings. The Kier molecular flexibility index (Phi) is 4.11. The molecule has 0 bridgehead atoms. The third kappa shape index (κ3) is 2.00. The van der Waals surface area contributed by atoms with Gasteiger partial charge in [-0.2, -0.15) is 0 Å². The number of nitrogens with zero attached hydrogens (tertiary/aromatic N) is 2. The average molecular weight is 372 g/mol. The molecule has 3 heterocycles. The zero-order chi connectivity index (χ0) is 18.1. The summed E-state index contributed by atoms with van der Waals surface area (Å²) in [5.74, 6) is -2.06. The van der Waals surface area contributed by atoms with Crippen LogP contribution in [0, 0.1) is 5.92 Å². The van der Waals surface area contributed by atoms with Gasteiger partial charge in [-0.05, 0) is 20.8 Å². The van der Waals surface area contributed by atoms with Crippen molar-refractivity contribution < 1.29 is 24.3 Å². The Hall–Kier alpha value is -0.960. The number of hydrogen-bond acceptors (Lipinski definition) is 5. The second-order valence-corrected chi connectivity index (χ2v) is 8.97. The lowest BCUT2D eigenvalue weighted by molar-refractivity contribution is -0.899. The Morgan fingerprint density at radius 2 is 2.00 bits per heavy atom. The molecule has 1 fully saturated rings. The highest BCUT2D eigenvalue weighted by atomic mass is 32.2. The minimum Gasteiger partial charge on any atom is -0.477 e. The normalized spacial score (nSPS) is 40.1. The Balaban J connectivity index is 2.16. The third-order valence-electron chi connectivity index (χ3n) is 5.91. The summed E-state index contributed by atoms with van der Waals surface area (Å²) >= 11 is 6.30. The van der Waals surface area contributed by atoms with Gasteiger partial charge in [0.2, 0.25) is 5.91 Å². The molecular weight excluding hydrogens is 348 g/mol. The first-order chi connectivity index (χ1) is 11.0. The first kappa shape index (κ1) is 17.8. The number of carbonyl (C=O) groups is 2. The molecule has 132 valence electrons. The maximum Gasteiger partial charge on any atom is 0.353 e. The number of aliphatic hydroxyl groups is 1. The average Bonchev–Trinajstić information content (AvgIpc) is 2.84. The van der Waals surface area contributed by atoms with Gasteiger partial charge in [-0.15, -0.1) is 12.6 Å². The number of fused-ring (bicyclic) bond motifs is 1. The summed E-state index contributed by atoms with van der Waals surface area (Å²) in [6.07, 6.45) is -0.821. The fourth-order valence-electron chi connectivity index (χ4n) is 4.33. The first-order valence-corrected chi connectivity index (χ1v) is 9.26. The van der Waals surface area contributed by atoms with Crippen molar-refractivity contribution in [1.82, 2.24) is 4.90 Å². The van der Waals surface area contributed by atoms with Crippen molar-refractivity contribution in [2.24, 2.45) is 5.92 Å². The van der Waals surface area contributed by atoms with Gasteiger partial charge in [0, 0.05) is 11.8 Å². The summed E-state index contributed by atoms with van der Waals surface area (Å²) in [4.78, 5) is 27.1. The molecule has 24 heavy (non-hydrogen) atoms. The van der Waals surface area contributed by atoms with Gasteiger partial charge in [0.25, 0.3) is 0 Å². The van der Waals surface area contributed by atoms with E-state index in [1.165, 1.54) is 9.81 Å². The maximum atomic E-state index is 12.4. The lowest BCUT2D eigenvalue weighted by Gasteiger charge is -2.51. The van der Waals surface area contributed by atoms with Gasteiger partial charge in [0.15, 0.2) is 0 Å². The summed E-state index contributed by atoms with van der Waals surface area (Å²) < 4.78 is 0.504. The summed E-state index contributed by atoms with van der Waals surface area (Å²) in [7, 11) is 2.06. The molecule has 2 N–H and O–H groups in total. The van der Waals surface area contributed by atoms with Crippen LogP contribution < -0.4 is 0 Å². The number of thiol groups is 1. The van der Waals surface area contributed by atoms with Crippen molar-refractivity contribution in [3.8, 4) is 0 Å². The van der Waals surface area contributed by atoms with E-state index >= 15 is 0 Å². The van der Waals surface area contributed by atoms with E-state index in [2.05, 4.69) is 33.5 Å². The lowest BCUT2D eigenvalue weighted by Crippen LogP contribution is -2.70. The van der Waals surface area contributed by atoms with Crippen LogP contribution in [-0.4, -0.2) is 62.1 Å². The van der Waals surface area contributed by atoms with E-state index in [4.69, 9.17) is 0 Å². The molecule has 3 rings (SSSR count). The smallest absolute Gasteiger partial charge is 0.353 e. The van der Waals surface area contributed by atoms with Gasteiger partial charge < -0.3 is 10.2 Å². The number of likely N-dealkylation sites (N-methyl/N-ethyl adjacent to an activating group) is 1. The van der Waals surface area contributed by atoms with Gasteiger partial charge in [-0.3, -0.25) is 14.2 Å². The van der Waals surface area contributed by atoms with Crippen LogP contribution in [0.2, 0.25) is 0 Å². The number of aliphatic carboxylic acids is 1. The first-order valence-electron chi connectivity index (χ1n) is 7.93. The number of carboxylic acids is 1. The van der Waals surface area contributed by atoms with E-state index in [1.807, 2.05) is 6.92 Å².